The third-order valence-corrected chi connectivity index (χ3v) is 4.14. The van der Waals surface area contributed by atoms with Crippen LogP contribution in [-0.2, 0) is 6.54 Å². The summed E-state index contributed by atoms with van der Waals surface area (Å²) in [6.45, 7) is 13.5. The number of H-pyrrole nitrogens is 1. The van der Waals surface area contributed by atoms with Crippen molar-refractivity contribution >= 4 is 22.5 Å². The monoisotopic (exact) mass is 334 g/mol. The number of aryl methyl sites for hydroxylation is 1. The molecule has 1 heterocycles. The Bertz CT molecular complexity index is 724. The number of fused-ring (bicyclic) bond motifs is 1. The van der Waals surface area contributed by atoms with Gasteiger partial charge < -0.3 is 4.98 Å². The highest BCUT2D eigenvalue weighted by Crippen LogP contribution is 2.18. The topological polar surface area (TPSA) is 36.1 Å². The molecule has 0 aliphatic heterocycles. The van der Waals surface area contributed by atoms with E-state index in [0.717, 1.165) is 29.9 Å². The SMILES string of the molecule is Cc1[nH]c2ccc(Cl)cc2c(=O)c1CN(CC(C)C)CC(C)C. The maximum Gasteiger partial charge on any atom is 0.194 e. The van der Waals surface area contributed by atoms with Crippen molar-refractivity contribution < 1.29 is 0 Å². The van der Waals surface area contributed by atoms with Gasteiger partial charge in [-0.15, -0.1) is 0 Å². The summed E-state index contributed by atoms with van der Waals surface area (Å²) >= 11 is 6.06. The van der Waals surface area contributed by atoms with E-state index in [9.17, 15) is 4.79 Å². The van der Waals surface area contributed by atoms with Crippen LogP contribution in [0.25, 0.3) is 10.9 Å². The molecular formula is C19H27ClN2O. The van der Waals surface area contributed by atoms with E-state index in [4.69, 9.17) is 11.6 Å². The number of aromatic nitrogens is 1. The molecule has 0 bridgehead atoms. The fourth-order valence-electron chi connectivity index (χ4n) is 3.07. The van der Waals surface area contributed by atoms with Gasteiger partial charge in [-0.05, 0) is 37.0 Å². The first-order chi connectivity index (χ1) is 10.8. The Balaban J connectivity index is 2.42. The third kappa shape index (κ3) is 4.58. The van der Waals surface area contributed by atoms with Crippen LogP contribution in [0, 0.1) is 18.8 Å². The largest absolute Gasteiger partial charge is 0.358 e. The van der Waals surface area contributed by atoms with E-state index in [-0.39, 0.29) is 5.43 Å². The quantitative estimate of drug-likeness (QED) is 0.837. The maximum absolute atomic E-state index is 12.9. The molecule has 0 saturated heterocycles. The summed E-state index contributed by atoms with van der Waals surface area (Å²) in [7, 11) is 0. The summed E-state index contributed by atoms with van der Waals surface area (Å²) in [5.41, 5.74) is 2.74. The standard InChI is InChI=1S/C19H27ClN2O/c1-12(2)9-22(10-13(3)4)11-17-14(5)21-18-7-6-15(20)8-16(18)19(17)23/h6-8,12-13H,9-11H2,1-5H3,(H,21,23). The average Bonchev–Trinajstić information content (AvgIpc) is 2.43. The van der Waals surface area contributed by atoms with Crippen LogP contribution in [0.2, 0.25) is 5.02 Å². The van der Waals surface area contributed by atoms with E-state index < -0.39 is 0 Å². The summed E-state index contributed by atoms with van der Waals surface area (Å²) in [4.78, 5) is 18.6. The van der Waals surface area contributed by atoms with Crippen molar-refractivity contribution in [3.8, 4) is 0 Å². The van der Waals surface area contributed by atoms with Crippen molar-refractivity contribution in [2.24, 2.45) is 11.8 Å². The maximum atomic E-state index is 12.9. The minimum absolute atomic E-state index is 0.0938. The van der Waals surface area contributed by atoms with Crippen molar-refractivity contribution in [1.82, 2.24) is 9.88 Å². The Labute approximate surface area is 143 Å². The molecule has 3 nitrogen and oxygen atoms in total. The van der Waals surface area contributed by atoms with Crippen molar-refractivity contribution in [2.75, 3.05) is 13.1 Å². The number of halogens is 1. The molecule has 0 spiro atoms. The van der Waals surface area contributed by atoms with E-state index in [1.54, 1.807) is 6.07 Å². The van der Waals surface area contributed by atoms with E-state index in [0.29, 0.717) is 28.8 Å². The highest BCUT2D eigenvalue weighted by atomic mass is 35.5. The Morgan fingerprint density at radius 3 is 2.30 bits per heavy atom. The number of benzene rings is 1. The lowest BCUT2D eigenvalue weighted by Gasteiger charge is -2.26. The molecule has 0 amide bonds. The summed E-state index contributed by atoms with van der Waals surface area (Å²) in [5.74, 6) is 1.14. The van der Waals surface area contributed by atoms with Gasteiger partial charge in [0.1, 0.15) is 0 Å². The molecule has 2 rings (SSSR count). The molecule has 0 aliphatic rings. The fraction of sp³-hybridized carbons (Fsp3) is 0.526. The molecule has 1 aromatic heterocycles. The molecule has 0 fully saturated rings. The zero-order valence-electron chi connectivity index (χ0n) is 14.7. The number of nitrogens with zero attached hydrogens (tertiary/aromatic N) is 1. The van der Waals surface area contributed by atoms with Crippen LogP contribution in [0.1, 0.15) is 39.0 Å². The molecule has 0 unspecified atom stereocenters. The Morgan fingerprint density at radius 1 is 1.13 bits per heavy atom. The minimum atomic E-state index is 0.0938. The molecule has 0 saturated carbocycles. The second-order valence-electron chi connectivity index (χ2n) is 7.23. The Hall–Kier alpha value is -1.32. The fourth-order valence-corrected chi connectivity index (χ4v) is 3.25. The molecule has 1 aromatic carbocycles. The van der Waals surface area contributed by atoms with Gasteiger partial charge in [0.2, 0.25) is 0 Å². The summed E-state index contributed by atoms with van der Waals surface area (Å²) < 4.78 is 0. The van der Waals surface area contributed by atoms with E-state index in [1.807, 2.05) is 19.1 Å². The number of hydrogen-bond donors (Lipinski definition) is 1. The number of pyridine rings is 1. The van der Waals surface area contributed by atoms with Crippen molar-refractivity contribution in [3.63, 3.8) is 0 Å². The number of hydrogen-bond acceptors (Lipinski definition) is 2. The molecular weight excluding hydrogens is 308 g/mol. The Morgan fingerprint density at radius 2 is 1.74 bits per heavy atom. The van der Waals surface area contributed by atoms with E-state index in [2.05, 4.69) is 37.6 Å². The van der Waals surface area contributed by atoms with Gasteiger partial charge in [0.15, 0.2) is 5.43 Å². The minimum Gasteiger partial charge on any atom is -0.358 e. The van der Waals surface area contributed by atoms with Gasteiger partial charge >= 0.3 is 0 Å². The van der Waals surface area contributed by atoms with Crippen LogP contribution in [-0.4, -0.2) is 23.0 Å². The third-order valence-electron chi connectivity index (χ3n) is 3.90. The van der Waals surface area contributed by atoms with Crippen LogP contribution >= 0.6 is 11.6 Å². The van der Waals surface area contributed by atoms with Crippen LogP contribution in [0.3, 0.4) is 0 Å². The number of aromatic amines is 1. The molecule has 1 N–H and O–H groups in total. The van der Waals surface area contributed by atoms with Gasteiger partial charge in [0.05, 0.1) is 0 Å². The summed E-state index contributed by atoms with van der Waals surface area (Å²) in [6.07, 6.45) is 0. The highest BCUT2D eigenvalue weighted by Gasteiger charge is 2.16. The summed E-state index contributed by atoms with van der Waals surface area (Å²) in [5, 5.41) is 1.27. The van der Waals surface area contributed by atoms with Crippen molar-refractivity contribution in [3.05, 3.63) is 44.7 Å². The zero-order chi connectivity index (χ0) is 17.1. The average molecular weight is 335 g/mol. The Kier molecular flexibility index (Phi) is 5.88. The number of nitrogens with one attached hydrogen (secondary N) is 1. The van der Waals surface area contributed by atoms with E-state index >= 15 is 0 Å². The van der Waals surface area contributed by atoms with Crippen LogP contribution in [0.15, 0.2) is 23.0 Å². The molecule has 0 atom stereocenters. The van der Waals surface area contributed by atoms with Gasteiger partial charge in [-0.1, -0.05) is 39.3 Å². The van der Waals surface area contributed by atoms with Crippen LogP contribution in [0.4, 0.5) is 0 Å². The smallest absolute Gasteiger partial charge is 0.194 e. The lowest BCUT2D eigenvalue weighted by molar-refractivity contribution is 0.210. The second kappa shape index (κ2) is 7.50. The van der Waals surface area contributed by atoms with Crippen LogP contribution in [0.5, 0.6) is 0 Å². The van der Waals surface area contributed by atoms with Crippen LogP contribution < -0.4 is 5.43 Å². The molecule has 0 aliphatic carbocycles. The van der Waals surface area contributed by atoms with Gasteiger partial charge in [-0.2, -0.15) is 0 Å². The van der Waals surface area contributed by atoms with Gasteiger partial charge in [-0.25, -0.2) is 0 Å². The zero-order valence-corrected chi connectivity index (χ0v) is 15.5. The van der Waals surface area contributed by atoms with Gasteiger partial charge in [-0.3, -0.25) is 9.69 Å². The molecule has 126 valence electrons. The second-order valence-corrected chi connectivity index (χ2v) is 7.67. The van der Waals surface area contributed by atoms with Gasteiger partial charge in [0.25, 0.3) is 0 Å². The molecule has 2 aromatic rings. The molecule has 0 radical (unpaired) electrons. The van der Waals surface area contributed by atoms with Gasteiger partial charge in [0, 0.05) is 46.8 Å². The predicted octanol–water partition coefficient (Wildman–Crippen LogP) is 4.60. The van der Waals surface area contributed by atoms with Crippen molar-refractivity contribution in [1.29, 1.82) is 0 Å². The predicted molar refractivity (Wildman–Crippen MR) is 99.3 cm³/mol. The molecule has 23 heavy (non-hydrogen) atoms. The summed E-state index contributed by atoms with van der Waals surface area (Å²) in [6, 6.07) is 5.44. The molecule has 4 heteroatoms. The van der Waals surface area contributed by atoms with Crippen molar-refractivity contribution in [2.45, 2.75) is 41.2 Å². The lowest BCUT2D eigenvalue weighted by Crippen LogP contribution is -2.33. The first-order valence-electron chi connectivity index (χ1n) is 8.31. The highest BCUT2D eigenvalue weighted by molar-refractivity contribution is 6.31. The number of rotatable bonds is 6. The first kappa shape index (κ1) is 18.0. The van der Waals surface area contributed by atoms with E-state index in [1.165, 1.54) is 0 Å². The normalized spacial score (nSPS) is 12.0. The lowest BCUT2D eigenvalue weighted by atomic mass is 10.1. The first-order valence-corrected chi connectivity index (χ1v) is 8.69.